The Hall–Kier alpha value is -2.37. The number of benzene rings is 1. The molecule has 0 unspecified atom stereocenters. The van der Waals surface area contributed by atoms with Crippen LogP contribution in [0, 0.1) is 5.41 Å². The highest BCUT2D eigenvalue weighted by atomic mass is 16.6. The maximum Gasteiger partial charge on any atom is 0.319 e. The summed E-state index contributed by atoms with van der Waals surface area (Å²) in [4.78, 5) is 35.9. The second-order valence-electron chi connectivity index (χ2n) is 6.44. The molecule has 0 heterocycles. The zero-order chi connectivity index (χ0) is 19.4. The lowest BCUT2D eigenvalue weighted by atomic mass is 9.93. The first-order chi connectivity index (χ1) is 12.4. The molecule has 6 nitrogen and oxygen atoms in total. The van der Waals surface area contributed by atoms with Gasteiger partial charge in [-0.05, 0) is 25.3 Å². The van der Waals surface area contributed by atoms with E-state index in [4.69, 9.17) is 14.2 Å². The van der Waals surface area contributed by atoms with Gasteiger partial charge in [-0.3, -0.25) is 14.4 Å². The fourth-order valence-corrected chi connectivity index (χ4v) is 2.09. The molecule has 6 heteroatoms. The Labute approximate surface area is 154 Å². The fourth-order valence-electron chi connectivity index (χ4n) is 2.09. The van der Waals surface area contributed by atoms with Gasteiger partial charge in [0, 0.05) is 12.8 Å². The minimum Gasteiger partial charge on any atom is -0.464 e. The van der Waals surface area contributed by atoms with Crippen molar-refractivity contribution in [1.29, 1.82) is 0 Å². The van der Waals surface area contributed by atoms with Crippen LogP contribution in [0.4, 0.5) is 0 Å². The lowest BCUT2D eigenvalue weighted by Gasteiger charge is -2.26. The van der Waals surface area contributed by atoms with Gasteiger partial charge in [0.1, 0.15) is 25.2 Å². The summed E-state index contributed by atoms with van der Waals surface area (Å²) in [6.45, 7) is 5.00. The summed E-state index contributed by atoms with van der Waals surface area (Å²) in [6, 6.07) is 9.25. The molecule has 1 aromatic rings. The number of carbonyl (C=O) groups is 3. The third-order valence-corrected chi connectivity index (χ3v) is 3.72. The lowest BCUT2D eigenvalue weighted by molar-refractivity contribution is -0.171. The molecule has 0 amide bonds. The van der Waals surface area contributed by atoms with Crippen LogP contribution in [0.3, 0.4) is 0 Å². The van der Waals surface area contributed by atoms with Crippen molar-refractivity contribution < 1.29 is 28.6 Å². The largest absolute Gasteiger partial charge is 0.464 e. The molecule has 0 saturated heterocycles. The third-order valence-electron chi connectivity index (χ3n) is 3.72. The minimum absolute atomic E-state index is 0.0983. The Morgan fingerprint density at radius 3 is 1.81 bits per heavy atom. The molecule has 1 rings (SSSR count). The molecule has 0 saturated carbocycles. The van der Waals surface area contributed by atoms with E-state index in [0.29, 0.717) is 12.8 Å². The topological polar surface area (TPSA) is 78.9 Å². The molecule has 26 heavy (non-hydrogen) atoms. The zero-order valence-corrected chi connectivity index (χ0v) is 15.8. The van der Waals surface area contributed by atoms with Gasteiger partial charge in [0.25, 0.3) is 0 Å². The molecule has 0 aliphatic heterocycles. The summed E-state index contributed by atoms with van der Waals surface area (Å²) in [5, 5.41) is 0. The number of hydrogen-bond acceptors (Lipinski definition) is 6. The van der Waals surface area contributed by atoms with Crippen molar-refractivity contribution in [3.63, 3.8) is 0 Å². The highest BCUT2D eigenvalue weighted by Gasteiger charge is 2.38. The van der Waals surface area contributed by atoms with Crippen LogP contribution in [0.1, 0.15) is 52.0 Å². The molecule has 0 aliphatic carbocycles. The third kappa shape index (κ3) is 7.68. The van der Waals surface area contributed by atoms with E-state index in [-0.39, 0.29) is 32.7 Å². The van der Waals surface area contributed by atoms with Gasteiger partial charge in [0.2, 0.25) is 0 Å². The summed E-state index contributed by atoms with van der Waals surface area (Å²) < 4.78 is 15.7. The van der Waals surface area contributed by atoms with Crippen LogP contribution in [0.15, 0.2) is 30.3 Å². The summed E-state index contributed by atoms with van der Waals surface area (Å²) in [7, 11) is 0. The molecule has 144 valence electrons. The molecular formula is C20H28O6. The van der Waals surface area contributed by atoms with Crippen LogP contribution in [-0.2, 0) is 35.2 Å². The summed E-state index contributed by atoms with van der Waals surface area (Å²) in [5.74, 6) is -1.36. The second kappa shape index (κ2) is 11.3. The van der Waals surface area contributed by atoms with E-state index in [0.717, 1.165) is 5.56 Å². The number of hydrogen-bond donors (Lipinski definition) is 0. The Morgan fingerprint density at radius 2 is 1.35 bits per heavy atom. The molecule has 0 N–H and O–H groups in total. The van der Waals surface area contributed by atoms with Crippen molar-refractivity contribution in [3.05, 3.63) is 35.9 Å². The smallest absolute Gasteiger partial charge is 0.319 e. The van der Waals surface area contributed by atoms with Gasteiger partial charge >= 0.3 is 17.9 Å². The molecule has 0 aliphatic rings. The highest BCUT2D eigenvalue weighted by molar-refractivity contribution is 5.78. The van der Waals surface area contributed by atoms with Crippen LogP contribution in [-0.4, -0.2) is 31.1 Å². The van der Waals surface area contributed by atoms with Crippen molar-refractivity contribution in [3.8, 4) is 0 Å². The minimum atomic E-state index is -1.25. The molecule has 0 spiro atoms. The number of carbonyl (C=O) groups excluding carboxylic acids is 3. The maximum absolute atomic E-state index is 12.6. The Morgan fingerprint density at radius 1 is 0.846 bits per heavy atom. The van der Waals surface area contributed by atoms with Crippen molar-refractivity contribution in [1.82, 2.24) is 0 Å². The van der Waals surface area contributed by atoms with Crippen LogP contribution in [0.25, 0.3) is 0 Å². The summed E-state index contributed by atoms with van der Waals surface area (Å²) in [5.41, 5.74) is -0.407. The predicted molar refractivity (Wildman–Crippen MR) is 96.1 cm³/mol. The van der Waals surface area contributed by atoms with Crippen LogP contribution >= 0.6 is 0 Å². The number of ether oxygens (including phenoxy) is 3. The quantitative estimate of drug-likeness (QED) is 0.442. The molecule has 1 aromatic carbocycles. The molecule has 0 radical (unpaired) electrons. The van der Waals surface area contributed by atoms with Gasteiger partial charge in [-0.15, -0.1) is 0 Å². The first-order valence-electron chi connectivity index (χ1n) is 8.93. The Kier molecular flexibility index (Phi) is 9.41. The Bertz CT molecular complexity index is 559. The molecule has 0 aromatic heterocycles. The van der Waals surface area contributed by atoms with Crippen LogP contribution < -0.4 is 0 Å². The monoisotopic (exact) mass is 364 g/mol. The lowest BCUT2D eigenvalue weighted by Crippen LogP contribution is -2.40. The summed E-state index contributed by atoms with van der Waals surface area (Å²) in [6.07, 6.45) is 1.84. The van der Waals surface area contributed by atoms with Gasteiger partial charge < -0.3 is 14.2 Å². The van der Waals surface area contributed by atoms with E-state index in [1.54, 1.807) is 6.92 Å². The van der Waals surface area contributed by atoms with E-state index in [1.165, 1.54) is 0 Å². The normalized spacial score (nSPS) is 10.9. The molecule has 0 bridgehead atoms. The second-order valence-corrected chi connectivity index (χ2v) is 6.44. The Balaban J connectivity index is 2.71. The summed E-state index contributed by atoms with van der Waals surface area (Å²) >= 11 is 0. The standard InChI is InChI=1S/C20H28O6/c1-4-9-17(21)25-14-20(3,15-26-18(22)10-5-2)19(23)24-13-16-11-7-6-8-12-16/h6-8,11-12H,4-5,9-10,13-15H2,1-3H3. The first kappa shape index (κ1) is 21.7. The van der Waals surface area contributed by atoms with E-state index in [9.17, 15) is 14.4 Å². The van der Waals surface area contributed by atoms with Gasteiger partial charge in [0.05, 0.1) is 0 Å². The SMILES string of the molecule is CCCC(=O)OCC(C)(COC(=O)CCC)C(=O)OCc1ccccc1. The van der Waals surface area contributed by atoms with Gasteiger partial charge in [-0.25, -0.2) is 0 Å². The maximum atomic E-state index is 12.6. The average molecular weight is 364 g/mol. The molecular weight excluding hydrogens is 336 g/mol. The van der Waals surface area contributed by atoms with E-state index in [1.807, 2.05) is 44.2 Å². The predicted octanol–water partition coefficient (Wildman–Crippen LogP) is 3.42. The first-order valence-corrected chi connectivity index (χ1v) is 8.93. The van der Waals surface area contributed by atoms with Crippen LogP contribution in [0.2, 0.25) is 0 Å². The van der Waals surface area contributed by atoms with Gasteiger partial charge in [0.15, 0.2) is 0 Å². The van der Waals surface area contributed by atoms with E-state index >= 15 is 0 Å². The average Bonchev–Trinajstić information content (AvgIpc) is 2.64. The van der Waals surface area contributed by atoms with Crippen molar-refractivity contribution >= 4 is 17.9 Å². The zero-order valence-electron chi connectivity index (χ0n) is 15.8. The van der Waals surface area contributed by atoms with Gasteiger partial charge in [-0.2, -0.15) is 0 Å². The highest BCUT2D eigenvalue weighted by Crippen LogP contribution is 2.22. The molecule has 0 atom stereocenters. The van der Waals surface area contributed by atoms with Crippen molar-refractivity contribution in [2.75, 3.05) is 13.2 Å². The van der Waals surface area contributed by atoms with Crippen molar-refractivity contribution in [2.24, 2.45) is 5.41 Å². The number of rotatable bonds is 11. The van der Waals surface area contributed by atoms with Crippen molar-refractivity contribution in [2.45, 2.75) is 53.1 Å². The van der Waals surface area contributed by atoms with E-state index < -0.39 is 23.3 Å². The van der Waals surface area contributed by atoms with E-state index in [2.05, 4.69) is 0 Å². The fraction of sp³-hybridized carbons (Fsp3) is 0.550. The van der Waals surface area contributed by atoms with Gasteiger partial charge in [-0.1, -0.05) is 44.2 Å². The molecule has 0 fully saturated rings. The van der Waals surface area contributed by atoms with Crippen LogP contribution in [0.5, 0.6) is 0 Å². The number of esters is 3.